The molecule has 190 valence electrons. The molecule has 0 saturated carbocycles. The molecule has 0 amide bonds. The SMILES string of the molecule is C=CC/C(=C1/CN([S@](=O)C(C)(C)C)C[C@]1(CCC)C(=O)OC(C)(C)C)[Si](C)(C)c1ccccc1. The molecule has 0 radical (unpaired) electrons. The Hall–Kier alpha value is -1.50. The van der Waals surface area contributed by atoms with Crippen molar-refractivity contribution in [1.29, 1.82) is 0 Å². The van der Waals surface area contributed by atoms with E-state index in [4.69, 9.17) is 4.74 Å². The molecule has 4 nitrogen and oxygen atoms in total. The number of hydrogen-bond donors (Lipinski definition) is 0. The minimum Gasteiger partial charge on any atom is -0.459 e. The first kappa shape index (κ1) is 28.7. The summed E-state index contributed by atoms with van der Waals surface area (Å²) in [6, 6.07) is 10.6. The molecule has 1 fully saturated rings. The van der Waals surface area contributed by atoms with Crippen molar-refractivity contribution in [3.63, 3.8) is 0 Å². The second-order valence-electron chi connectivity index (χ2n) is 11.9. The zero-order chi connectivity index (χ0) is 25.9. The number of ether oxygens (including phenoxy) is 1. The molecular formula is C28H45NO3SSi. The van der Waals surface area contributed by atoms with Crippen LogP contribution in [0.5, 0.6) is 0 Å². The normalized spacial score (nSPS) is 22.4. The number of allylic oxidation sites excluding steroid dienone is 2. The maximum atomic E-state index is 14.0. The van der Waals surface area contributed by atoms with Crippen LogP contribution in [0.1, 0.15) is 67.7 Å². The van der Waals surface area contributed by atoms with E-state index in [0.29, 0.717) is 25.9 Å². The van der Waals surface area contributed by atoms with Crippen molar-refractivity contribution >= 4 is 30.2 Å². The van der Waals surface area contributed by atoms with Crippen molar-refractivity contribution in [1.82, 2.24) is 4.31 Å². The predicted octanol–water partition coefficient (Wildman–Crippen LogP) is 5.92. The lowest BCUT2D eigenvalue weighted by Gasteiger charge is -2.36. The van der Waals surface area contributed by atoms with Crippen LogP contribution in [-0.2, 0) is 20.5 Å². The Morgan fingerprint density at radius 3 is 2.24 bits per heavy atom. The first-order chi connectivity index (χ1) is 15.6. The van der Waals surface area contributed by atoms with Crippen LogP contribution in [0.4, 0.5) is 0 Å². The van der Waals surface area contributed by atoms with Gasteiger partial charge >= 0.3 is 5.97 Å². The van der Waals surface area contributed by atoms with Crippen molar-refractivity contribution in [3.05, 3.63) is 53.8 Å². The number of carbonyl (C=O) groups is 1. The molecule has 0 spiro atoms. The van der Waals surface area contributed by atoms with Gasteiger partial charge in [-0.15, -0.1) is 6.58 Å². The van der Waals surface area contributed by atoms with Gasteiger partial charge in [-0.05, 0) is 60.0 Å². The summed E-state index contributed by atoms with van der Waals surface area (Å²) in [5.41, 5.74) is -0.285. The minimum absolute atomic E-state index is 0.190. The van der Waals surface area contributed by atoms with E-state index >= 15 is 0 Å². The lowest BCUT2D eigenvalue weighted by molar-refractivity contribution is -0.165. The Balaban J connectivity index is 2.83. The van der Waals surface area contributed by atoms with Gasteiger partial charge in [-0.25, -0.2) is 8.51 Å². The van der Waals surface area contributed by atoms with E-state index in [-0.39, 0.29) is 5.97 Å². The second kappa shape index (κ2) is 10.6. The molecule has 2 atom stereocenters. The molecule has 1 aromatic carbocycles. The average molecular weight is 504 g/mol. The van der Waals surface area contributed by atoms with Crippen LogP contribution in [0.15, 0.2) is 53.8 Å². The fraction of sp³-hybridized carbons (Fsp3) is 0.607. The smallest absolute Gasteiger partial charge is 0.318 e. The second-order valence-corrected chi connectivity index (χ2v) is 18.6. The molecule has 1 aliphatic heterocycles. The highest BCUT2D eigenvalue weighted by Crippen LogP contribution is 2.47. The van der Waals surface area contributed by atoms with E-state index < -0.39 is 34.8 Å². The quantitative estimate of drug-likeness (QED) is 0.251. The molecule has 2 rings (SSSR count). The number of hydrogen-bond acceptors (Lipinski definition) is 3. The summed E-state index contributed by atoms with van der Waals surface area (Å²) in [6.45, 7) is 23.6. The lowest BCUT2D eigenvalue weighted by atomic mass is 9.78. The van der Waals surface area contributed by atoms with E-state index in [1.807, 2.05) is 58.0 Å². The van der Waals surface area contributed by atoms with Crippen LogP contribution >= 0.6 is 0 Å². The molecule has 0 unspecified atom stereocenters. The summed E-state index contributed by atoms with van der Waals surface area (Å²) in [5, 5.41) is 2.63. The number of rotatable bonds is 8. The summed E-state index contributed by atoms with van der Waals surface area (Å²) < 4.78 is 21.2. The maximum Gasteiger partial charge on any atom is 0.318 e. The molecular weight excluding hydrogens is 458 g/mol. The maximum absolute atomic E-state index is 14.0. The van der Waals surface area contributed by atoms with Crippen molar-refractivity contribution in [2.75, 3.05) is 13.1 Å². The standard InChI is InChI=1S/C28H45NO3SSi/c1-11-16-24(34(9,10)22-17-14-13-15-18-22)23-20-29(33(31)27(6,7)8)21-28(23,19-12-2)25(30)32-26(3,4)5/h11,13-15,17-18H,1,12,16,19-21H2,2-10H3/b24-23+/t28-,33+/m0/s1. The zero-order valence-electron chi connectivity index (χ0n) is 22.8. The highest BCUT2D eigenvalue weighted by atomic mass is 32.2. The summed E-state index contributed by atoms with van der Waals surface area (Å²) in [7, 11) is -3.39. The van der Waals surface area contributed by atoms with Gasteiger partial charge in [-0.2, -0.15) is 0 Å². The fourth-order valence-electron chi connectivity index (χ4n) is 4.92. The number of benzene rings is 1. The molecule has 1 heterocycles. The Labute approximate surface area is 211 Å². The summed E-state index contributed by atoms with van der Waals surface area (Å²) in [6.07, 6.45) is 4.19. The molecule has 6 heteroatoms. The molecule has 0 bridgehead atoms. The average Bonchev–Trinajstić information content (AvgIpc) is 3.10. The van der Waals surface area contributed by atoms with Gasteiger partial charge in [0.1, 0.15) is 30.1 Å². The van der Waals surface area contributed by atoms with E-state index in [1.165, 1.54) is 10.4 Å². The first-order valence-electron chi connectivity index (χ1n) is 12.4. The number of nitrogens with zero attached hydrogens (tertiary/aromatic N) is 1. The van der Waals surface area contributed by atoms with Crippen LogP contribution < -0.4 is 5.19 Å². The van der Waals surface area contributed by atoms with Crippen LogP contribution in [0.3, 0.4) is 0 Å². The van der Waals surface area contributed by atoms with Gasteiger partial charge in [0.15, 0.2) is 0 Å². The molecule has 1 aliphatic rings. The highest BCUT2D eigenvalue weighted by Gasteiger charge is 2.54. The topological polar surface area (TPSA) is 46.6 Å². The van der Waals surface area contributed by atoms with Gasteiger partial charge < -0.3 is 4.74 Å². The van der Waals surface area contributed by atoms with Gasteiger partial charge in [0.2, 0.25) is 0 Å². The van der Waals surface area contributed by atoms with Crippen molar-refractivity contribution < 1.29 is 13.7 Å². The Kier molecular flexibility index (Phi) is 8.98. The molecule has 34 heavy (non-hydrogen) atoms. The van der Waals surface area contributed by atoms with Crippen molar-refractivity contribution in [2.45, 2.75) is 91.2 Å². The minimum atomic E-state index is -2.15. The van der Waals surface area contributed by atoms with Gasteiger partial charge in [-0.1, -0.05) is 73.2 Å². The van der Waals surface area contributed by atoms with Crippen LogP contribution in [0.25, 0.3) is 0 Å². The predicted molar refractivity (Wildman–Crippen MR) is 148 cm³/mol. The molecule has 0 aromatic heterocycles. The third kappa shape index (κ3) is 6.19. The van der Waals surface area contributed by atoms with Crippen LogP contribution in [0.2, 0.25) is 13.1 Å². The highest BCUT2D eigenvalue weighted by molar-refractivity contribution is 7.84. The lowest BCUT2D eigenvalue weighted by Crippen LogP contribution is -2.47. The van der Waals surface area contributed by atoms with Gasteiger partial charge in [0.25, 0.3) is 0 Å². The van der Waals surface area contributed by atoms with E-state index in [1.54, 1.807) is 0 Å². The van der Waals surface area contributed by atoms with Gasteiger partial charge in [-0.3, -0.25) is 4.79 Å². The van der Waals surface area contributed by atoms with E-state index in [2.05, 4.69) is 50.9 Å². The summed E-state index contributed by atoms with van der Waals surface area (Å²) in [4.78, 5) is 14.0. The zero-order valence-corrected chi connectivity index (χ0v) is 24.6. The van der Waals surface area contributed by atoms with Crippen LogP contribution in [0, 0.1) is 5.41 Å². The fourth-order valence-corrected chi connectivity index (χ4v) is 9.38. The molecule has 1 saturated heterocycles. The molecule has 0 aliphatic carbocycles. The third-order valence-corrected chi connectivity index (χ3v) is 12.1. The monoisotopic (exact) mass is 503 g/mol. The van der Waals surface area contributed by atoms with Gasteiger partial charge in [0.05, 0.1) is 4.75 Å². The van der Waals surface area contributed by atoms with Crippen molar-refractivity contribution in [2.24, 2.45) is 5.41 Å². The summed E-state index contributed by atoms with van der Waals surface area (Å²) >= 11 is 0. The Bertz CT molecular complexity index is 941. The number of carbonyl (C=O) groups excluding carboxylic acids is 1. The molecule has 0 N–H and O–H groups in total. The Morgan fingerprint density at radius 2 is 1.76 bits per heavy atom. The van der Waals surface area contributed by atoms with Crippen LogP contribution in [-0.4, -0.2) is 46.0 Å². The Morgan fingerprint density at radius 1 is 1.18 bits per heavy atom. The molecule has 1 aromatic rings. The van der Waals surface area contributed by atoms with E-state index in [0.717, 1.165) is 12.0 Å². The first-order valence-corrected chi connectivity index (χ1v) is 16.5. The third-order valence-electron chi connectivity index (χ3n) is 6.55. The van der Waals surface area contributed by atoms with Gasteiger partial charge in [0, 0.05) is 13.1 Å². The number of esters is 1. The van der Waals surface area contributed by atoms with E-state index in [9.17, 15) is 9.00 Å². The largest absolute Gasteiger partial charge is 0.459 e. The summed E-state index contributed by atoms with van der Waals surface area (Å²) in [5.74, 6) is -0.190. The van der Waals surface area contributed by atoms with Crippen molar-refractivity contribution in [3.8, 4) is 0 Å².